The third kappa shape index (κ3) is 5.24. The second-order valence-electron chi connectivity index (χ2n) is 3.63. The number of urea groups is 1. The van der Waals surface area contributed by atoms with Crippen molar-refractivity contribution < 1.29 is 9.59 Å². The van der Waals surface area contributed by atoms with E-state index in [-0.39, 0.29) is 17.9 Å². The van der Waals surface area contributed by atoms with E-state index in [9.17, 15) is 9.59 Å². The SMILES string of the molecule is CCCNC(=O)N(C)CC(C)C(=O)NC. The second-order valence-corrected chi connectivity index (χ2v) is 3.63. The van der Waals surface area contributed by atoms with E-state index in [0.29, 0.717) is 13.1 Å². The number of hydrogen-bond donors (Lipinski definition) is 2. The van der Waals surface area contributed by atoms with Gasteiger partial charge in [0.2, 0.25) is 5.91 Å². The van der Waals surface area contributed by atoms with Gasteiger partial charge in [-0.25, -0.2) is 4.79 Å². The summed E-state index contributed by atoms with van der Waals surface area (Å²) in [6.07, 6.45) is 0.907. The van der Waals surface area contributed by atoms with Crippen LogP contribution in [0.15, 0.2) is 0 Å². The summed E-state index contributed by atoms with van der Waals surface area (Å²) < 4.78 is 0. The Bertz CT molecular complexity index is 219. The molecule has 0 aliphatic heterocycles. The minimum Gasteiger partial charge on any atom is -0.359 e. The number of rotatable bonds is 5. The Kier molecular flexibility index (Phi) is 6.49. The van der Waals surface area contributed by atoms with Crippen molar-refractivity contribution in [3.63, 3.8) is 0 Å². The standard InChI is InChI=1S/C10H21N3O2/c1-5-6-12-10(15)13(4)7-8(2)9(14)11-3/h8H,5-7H2,1-4H3,(H,11,14)(H,12,15). The average Bonchev–Trinajstić information content (AvgIpc) is 2.24. The minimum absolute atomic E-state index is 0.0508. The van der Waals surface area contributed by atoms with Gasteiger partial charge >= 0.3 is 6.03 Å². The number of hydrogen-bond acceptors (Lipinski definition) is 2. The van der Waals surface area contributed by atoms with Crippen molar-refractivity contribution in [3.8, 4) is 0 Å². The van der Waals surface area contributed by atoms with E-state index in [1.807, 2.05) is 6.92 Å². The summed E-state index contributed by atoms with van der Waals surface area (Å²) >= 11 is 0. The molecule has 0 saturated carbocycles. The maximum absolute atomic E-state index is 11.4. The Labute approximate surface area is 91.2 Å². The lowest BCUT2D eigenvalue weighted by molar-refractivity contribution is -0.124. The summed E-state index contributed by atoms with van der Waals surface area (Å²) in [5.41, 5.74) is 0. The van der Waals surface area contributed by atoms with Crippen LogP contribution >= 0.6 is 0 Å². The van der Waals surface area contributed by atoms with Crippen molar-refractivity contribution in [2.75, 3.05) is 27.2 Å². The van der Waals surface area contributed by atoms with Gasteiger partial charge in [-0.2, -0.15) is 0 Å². The van der Waals surface area contributed by atoms with Gasteiger partial charge in [0.25, 0.3) is 0 Å². The molecule has 3 amide bonds. The molecule has 0 aromatic heterocycles. The zero-order valence-electron chi connectivity index (χ0n) is 9.96. The maximum Gasteiger partial charge on any atom is 0.317 e. The molecule has 0 saturated heterocycles. The number of carbonyl (C=O) groups is 2. The van der Waals surface area contributed by atoms with Gasteiger partial charge in [-0.05, 0) is 6.42 Å². The summed E-state index contributed by atoms with van der Waals surface area (Å²) in [6.45, 7) is 4.88. The summed E-state index contributed by atoms with van der Waals surface area (Å²) in [5, 5.41) is 5.30. The summed E-state index contributed by atoms with van der Waals surface area (Å²) in [4.78, 5) is 24.2. The van der Waals surface area contributed by atoms with Crippen molar-refractivity contribution >= 4 is 11.9 Å². The zero-order chi connectivity index (χ0) is 11.8. The molecule has 0 aromatic carbocycles. The first-order chi connectivity index (χ1) is 7.02. The fourth-order valence-electron chi connectivity index (χ4n) is 1.19. The number of carbonyl (C=O) groups excluding carboxylic acids is 2. The van der Waals surface area contributed by atoms with Crippen LogP contribution < -0.4 is 10.6 Å². The molecule has 0 spiro atoms. The Morgan fingerprint density at radius 1 is 1.40 bits per heavy atom. The first-order valence-electron chi connectivity index (χ1n) is 5.23. The molecule has 0 aliphatic rings. The Morgan fingerprint density at radius 3 is 2.47 bits per heavy atom. The van der Waals surface area contributed by atoms with Crippen LogP contribution in [-0.4, -0.2) is 44.0 Å². The van der Waals surface area contributed by atoms with E-state index in [2.05, 4.69) is 10.6 Å². The first-order valence-corrected chi connectivity index (χ1v) is 5.23. The van der Waals surface area contributed by atoms with Gasteiger partial charge < -0.3 is 15.5 Å². The molecule has 0 heterocycles. The second kappa shape index (κ2) is 7.09. The van der Waals surface area contributed by atoms with Crippen molar-refractivity contribution in [2.24, 2.45) is 5.92 Å². The Balaban J connectivity index is 3.95. The molecule has 88 valence electrons. The van der Waals surface area contributed by atoms with Crippen molar-refractivity contribution in [1.29, 1.82) is 0 Å². The normalized spacial score (nSPS) is 11.7. The molecule has 1 atom stereocenters. The third-order valence-corrected chi connectivity index (χ3v) is 2.11. The van der Waals surface area contributed by atoms with Gasteiger partial charge in [0.1, 0.15) is 0 Å². The molecule has 0 bridgehead atoms. The molecule has 0 fully saturated rings. The van der Waals surface area contributed by atoms with Gasteiger partial charge in [-0.15, -0.1) is 0 Å². The van der Waals surface area contributed by atoms with Gasteiger partial charge in [-0.1, -0.05) is 13.8 Å². The molecular weight excluding hydrogens is 194 g/mol. The average molecular weight is 215 g/mol. The van der Waals surface area contributed by atoms with Crippen molar-refractivity contribution in [1.82, 2.24) is 15.5 Å². The van der Waals surface area contributed by atoms with E-state index in [0.717, 1.165) is 6.42 Å². The van der Waals surface area contributed by atoms with Gasteiger partial charge in [0, 0.05) is 27.2 Å². The minimum atomic E-state index is -0.188. The highest BCUT2D eigenvalue weighted by Gasteiger charge is 2.16. The van der Waals surface area contributed by atoms with Crippen LogP contribution in [0.25, 0.3) is 0 Å². The Hall–Kier alpha value is -1.26. The topological polar surface area (TPSA) is 61.4 Å². The number of amides is 3. The Morgan fingerprint density at radius 2 is 2.00 bits per heavy atom. The van der Waals surface area contributed by atoms with Gasteiger partial charge in [0.15, 0.2) is 0 Å². The zero-order valence-corrected chi connectivity index (χ0v) is 9.96. The summed E-state index contributed by atoms with van der Waals surface area (Å²) in [7, 11) is 3.28. The van der Waals surface area contributed by atoms with E-state index in [1.54, 1.807) is 21.0 Å². The predicted molar refractivity (Wildman–Crippen MR) is 59.6 cm³/mol. The van der Waals surface area contributed by atoms with E-state index in [1.165, 1.54) is 4.90 Å². The van der Waals surface area contributed by atoms with Crippen LogP contribution in [0.4, 0.5) is 4.79 Å². The summed E-state index contributed by atoms with van der Waals surface area (Å²) in [5.74, 6) is -0.238. The summed E-state index contributed by atoms with van der Waals surface area (Å²) in [6, 6.07) is -0.132. The molecule has 1 unspecified atom stereocenters. The van der Waals surface area contributed by atoms with E-state index < -0.39 is 0 Å². The van der Waals surface area contributed by atoms with E-state index in [4.69, 9.17) is 0 Å². The monoisotopic (exact) mass is 215 g/mol. The third-order valence-electron chi connectivity index (χ3n) is 2.11. The first kappa shape index (κ1) is 13.7. The van der Waals surface area contributed by atoms with Crippen LogP contribution in [0.3, 0.4) is 0 Å². The highest BCUT2D eigenvalue weighted by atomic mass is 16.2. The highest BCUT2D eigenvalue weighted by Crippen LogP contribution is 1.98. The quantitative estimate of drug-likeness (QED) is 0.698. The lowest BCUT2D eigenvalue weighted by Crippen LogP contribution is -2.42. The van der Waals surface area contributed by atoms with Crippen LogP contribution in [0, 0.1) is 5.92 Å². The van der Waals surface area contributed by atoms with Crippen LogP contribution in [0.1, 0.15) is 20.3 Å². The molecule has 15 heavy (non-hydrogen) atoms. The number of nitrogens with one attached hydrogen (secondary N) is 2. The molecule has 5 nitrogen and oxygen atoms in total. The van der Waals surface area contributed by atoms with Crippen molar-refractivity contribution in [2.45, 2.75) is 20.3 Å². The molecule has 5 heteroatoms. The van der Waals surface area contributed by atoms with Crippen LogP contribution in [0.2, 0.25) is 0 Å². The fraction of sp³-hybridized carbons (Fsp3) is 0.800. The van der Waals surface area contributed by atoms with Gasteiger partial charge in [-0.3, -0.25) is 4.79 Å². The van der Waals surface area contributed by atoms with Crippen LogP contribution in [-0.2, 0) is 4.79 Å². The molecule has 0 rings (SSSR count). The maximum atomic E-state index is 11.4. The lowest BCUT2D eigenvalue weighted by Gasteiger charge is -2.20. The van der Waals surface area contributed by atoms with Gasteiger partial charge in [0.05, 0.1) is 5.92 Å². The van der Waals surface area contributed by atoms with E-state index >= 15 is 0 Å². The van der Waals surface area contributed by atoms with Crippen LogP contribution in [0.5, 0.6) is 0 Å². The molecule has 2 N–H and O–H groups in total. The number of nitrogens with zero attached hydrogens (tertiary/aromatic N) is 1. The predicted octanol–water partition coefficient (Wildman–Crippen LogP) is 0.420. The largest absolute Gasteiger partial charge is 0.359 e. The molecule has 0 aromatic rings. The fourth-order valence-corrected chi connectivity index (χ4v) is 1.19. The smallest absolute Gasteiger partial charge is 0.317 e. The lowest BCUT2D eigenvalue weighted by atomic mass is 10.1. The molecule has 0 aliphatic carbocycles. The highest BCUT2D eigenvalue weighted by molar-refractivity contribution is 5.79. The van der Waals surface area contributed by atoms with Crippen molar-refractivity contribution in [3.05, 3.63) is 0 Å². The molecular formula is C10H21N3O2. The molecule has 0 radical (unpaired) electrons.